The SMILES string of the molecule is Cc1nc(NCCCCCC(=O)O)sc1C(=O)O. The summed E-state index contributed by atoms with van der Waals surface area (Å²) in [6, 6.07) is 0. The van der Waals surface area contributed by atoms with E-state index in [-0.39, 0.29) is 11.3 Å². The highest BCUT2D eigenvalue weighted by atomic mass is 32.1. The number of thiazole rings is 1. The molecule has 0 aliphatic carbocycles. The molecule has 18 heavy (non-hydrogen) atoms. The van der Waals surface area contributed by atoms with E-state index in [4.69, 9.17) is 10.2 Å². The van der Waals surface area contributed by atoms with Crippen molar-refractivity contribution in [1.29, 1.82) is 0 Å². The lowest BCUT2D eigenvalue weighted by Gasteiger charge is -2.01. The van der Waals surface area contributed by atoms with Crippen LogP contribution in [0.1, 0.15) is 41.0 Å². The van der Waals surface area contributed by atoms with Gasteiger partial charge in [0, 0.05) is 13.0 Å². The average Bonchev–Trinajstić information content (AvgIpc) is 2.64. The van der Waals surface area contributed by atoms with Crippen molar-refractivity contribution in [2.24, 2.45) is 0 Å². The van der Waals surface area contributed by atoms with Crippen LogP contribution in [0.3, 0.4) is 0 Å². The van der Waals surface area contributed by atoms with Crippen molar-refractivity contribution in [3.63, 3.8) is 0 Å². The van der Waals surface area contributed by atoms with Crippen molar-refractivity contribution in [1.82, 2.24) is 4.98 Å². The minimum atomic E-state index is -0.959. The standard InChI is InChI=1S/C11H16N2O4S/c1-7-9(10(16)17)18-11(13-7)12-6-4-2-3-5-8(14)15/h2-6H2,1H3,(H,12,13)(H,14,15)(H,16,17). The van der Waals surface area contributed by atoms with E-state index in [1.807, 2.05) is 0 Å². The first-order valence-corrected chi connectivity index (χ1v) is 6.48. The van der Waals surface area contributed by atoms with Crippen LogP contribution < -0.4 is 5.32 Å². The molecule has 0 radical (unpaired) electrons. The van der Waals surface area contributed by atoms with Gasteiger partial charge < -0.3 is 15.5 Å². The fourth-order valence-electron chi connectivity index (χ4n) is 1.44. The number of nitrogens with one attached hydrogen (secondary N) is 1. The number of carbonyl (C=O) groups is 2. The summed E-state index contributed by atoms with van der Waals surface area (Å²) in [6.45, 7) is 2.34. The Morgan fingerprint density at radius 3 is 2.56 bits per heavy atom. The highest BCUT2D eigenvalue weighted by molar-refractivity contribution is 7.17. The van der Waals surface area contributed by atoms with Gasteiger partial charge in [-0.15, -0.1) is 0 Å². The van der Waals surface area contributed by atoms with E-state index in [0.29, 0.717) is 23.8 Å². The lowest BCUT2D eigenvalue weighted by Crippen LogP contribution is -2.01. The van der Waals surface area contributed by atoms with Crippen molar-refractivity contribution in [3.8, 4) is 0 Å². The molecule has 0 fully saturated rings. The molecule has 0 spiro atoms. The highest BCUT2D eigenvalue weighted by Crippen LogP contribution is 2.22. The summed E-state index contributed by atoms with van der Waals surface area (Å²) in [5.74, 6) is -1.73. The molecule has 1 aromatic heterocycles. The lowest BCUT2D eigenvalue weighted by atomic mass is 10.2. The first-order valence-electron chi connectivity index (χ1n) is 5.67. The molecule has 6 nitrogen and oxygen atoms in total. The molecule has 0 atom stereocenters. The molecule has 0 unspecified atom stereocenters. The van der Waals surface area contributed by atoms with Gasteiger partial charge in [0.25, 0.3) is 0 Å². The van der Waals surface area contributed by atoms with Crippen molar-refractivity contribution >= 4 is 28.4 Å². The van der Waals surface area contributed by atoms with Crippen LogP contribution in [0.4, 0.5) is 5.13 Å². The predicted octanol–water partition coefficient (Wildman–Crippen LogP) is 2.21. The maximum absolute atomic E-state index is 10.8. The number of anilines is 1. The van der Waals surface area contributed by atoms with Gasteiger partial charge >= 0.3 is 11.9 Å². The summed E-state index contributed by atoms with van der Waals surface area (Å²) in [4.78, 5) is 25.4. The number of rotatable bonds is 8. The van der Waals surface area contributed by atoms with Crippen molar-refractivity contribution in [2.45, 2.75) is 32.6 Å². The summed E-state index contributed by atoms with van der Waals surface area (Å²) < 4.78 is 0. The van der Waals surface area contributed by atoms with E-state index in [1.54, 1.807) is 6.92 Å². The molecule has 100 valence electrons. The number of carboxylic acid groups (broad SMARTS) is 2. The maximum atomic E-state index is 10.8. The Hall–Kier alpha value is -1.63. The van der Waals surface area contributed by atoms with Gasteiger partial charge in [-0.2, -0.15) is 0 Å². The van der Waals surface area contributed by atoms with E-state index in [0.717, 1.165) is 24.2 Å². The van der Waals surface area contributed by atoms with Gasteiger partial charge in [0.05, 0.1) is 5.69 Å². The monoisotopic (exact) mass is 272 g/mol. The van der Waals surface area contributed by atoms with E-state index in [9.17, 15) is 9.59 Å². The van der Waals surface area contributed by atoms with Gasteiger partial charge in [-0.3, -0.25) is 4.79 Å². The van der Waals surface area contributed by atoms with Gasteiger partial charge in [-0.1, -0.05) is 17.8 Å². The van der Waals surface area contributed by atoms with E-state index in [1.165, 1.54) is 0 Å². The van der Waals surface area contributed by atoms with Gasteiger partial charge in [0.1, 0.15) is 4.88 Å². The van der Waals surface area contributed by atoms with Crippen LogP contribution in [0.5, 0.6) is 0 Å². The Labute approximate surface area is 109 Å². The Balaban J connectivity index is 2.25. The summed E-state index contributed by atoms with van der Waals surface area (Å²) >= 11 is 1.12. The predicted molar refractivity (Wildman–Crippen MR) is 68.4 cm³/mol. The molecule has 0 amide bonds. The number of hydrogen-bond donors (Lipinski definition) is 3. The van der Waals surface area contributed by atoms with Crippen LogP contribution in [0, 0.1) is 6.92 Å². The van der Waals surface area contributed by atoms with Gasteiger partial charge in [-0.25, -0.2) is 9.78 Å². The smallest absolute Gasteiger partial charge is 0.347 e. The number of aliphatic carboxylic acids is 1. The summed E-state index contributed by atoms with van der Waals surface area (Å²) in [6.07, 6.45) is 2.53. The van der Waals surface area contributed by atoms with E-state index >= 15 is 0 Å². The molecule has 0 bridgehead atoms. The van der Waals surface area contributed by atoms with Crippen molar-refractivity contribution < 1.29 is 19.8 Å². The summed E-state index contributed by atoms with van der Waals surface area (Å²) in [5.41, 5.74) is 0.515. The molecule has 0 saturated carbocycles. The molecule has 7 heteroatoms. The number of hydrogen-bond acceptors (Lipinski definition) is 5. The van der Waals surface area contributed by atoms with Gasteiger partial charge in [-0.05, 0) is 19.8 Å². The van der Waals surface area contributed by atoms with Crippen LogP contribution >= 0.6 is 11.3 Å². The molecule has 1 rings (SSSR count). The topological polar surface area (TPSA) is 99.5 Å². The molecule has 0 aliphatic heterocycles. The highest BCUT2D eigenvalue weighted by Gasteiger charge is 2.13. The third kappa shape index (κ3) is 4.70. The van der Waals surface area contributed by atoms with Gasteiger partial charge in [0.2, 0.25) is 0 Å². The third-order valence-corrected chi connectivity index (χ3v) is 3.44. The van der Waals surface area contributed by atoms with E-state index < -0.39 is 11.9 Å². The molecule has 1 aromatic rings. The largest absolute Gasteiger partial charge is 0.481 e. The van der Waals surface area contributed by atoms with Gasteiger partial charge in [0.15, 0.2) is 5.13 Å². The second-order valence-electron chi connectivity index (χ2n) is 3.87. The number of aromatic carboxylic acids is 1. The molecular formula is C11H16N2O4S. The number of nitrogens with zero attached hydrogens (tertiary/aromatic N) is 1. The lowest BCUT2D eigenvalue weighted by molar-refractivity contribution is -0.137. The Bertz CT molecular complexity index is 431. The molecule has 0 aliphatic rings. The fourth-order valence-corrected chi connectivity index (χ4v) is 2.27. The van der Waals surface area contributed by atoms with Crippen molar-refractivity contribution in [2.75, 3.05) is 11.9 Å². The average molecular weight is 272 g/mol. The third-order valence-electron chi connectivity index (χ3n) is 2.33. The maximum Gasteiger partial charge on any atom is 0.347 e. The first kappa shape index (κ1) is 14.4. The fraction of sp³-hybridized carbons (Fsp3) is 0.545. The number of aromatic nitrogens is 1. The molecular weight excluding hydrogens is 256 g/mol. The minimum absolute atomic E-state index is 0.194. The Morgan fingerprint density at radius 2 is 2.00 bits per heavy atom. The summed E-state index contributed by atoms with van der Waals surface area (Å²) in [7, 11) is 0. The zero-order chi connectivity index (χ0) is 13.5. The van der Waals surface area contributed by atoms with Crippen LogP contribution in [-0.2, 0) is 4.79 Å². The zero-order valence-electron chi connectivity index (χ0n) is 10.1. The Morgan fingerprint density at radius 1 is 1.28 bits per heavy atom. The van der Waals surface area contributed by atoms with Crippen LogP contribution in [0.25, 0.3) is 0 Å². The molecule has 3 N–H and O–H groups in total. The van der Waals surface area contributed by atoms with Crippen molar-refractivity contribution in [3.05, 3.63) is 10.6 Å². The van der Waals surface area contributed by atoms with Crippen LogP contribution in [-0.4, -0.2) is 33.7 Å². The first-order chi connectivity index (χ1) is 8.50. The number of unbranched alkanes of at least 4 members (excludes halogenated alkanes) is 2. The molecule has 1 heterocycles. The molecule has 0 aromatic carbocycles. The van der Waals surface area contributed by atoms with E-state index in [2.05, 4.69) is 10.3 Å². The van der Waals surface area contributed by atoms with Crippen LogP contribution in [0.15, 0.2) is 0 Å². The summed E-state index contributed by atoms with van der Waals surface area (Å²) in [5, 5.41) is 21.0. The zero-order valence-corrected chi connectivity index (χ0v) is 10.9. The second-order valence-corrected chi connectivity index (χ2v) is 4.87. The van der Waals surface area contributed by atoms with Crippen LogP contribution in [0.2, 0.25) is 0 Å². The number of aryl methyl sites for hydroxylation is 1. The molecule has 0 saturated heterocycles. The Kier molecular flexibility index (Phi) is 5.57. The quantitative estimate of drug-likeness (QED) is 0.627. The number of carboxylic acids is 2. The normalized spacial score (nSPS) is 10.3. The minimum Gasteiger partial charge on any atom is -0.481 e. The second kappa shape index (κ2) is 6.95.